The lowest BCUT2D eigenvalue weighted by Gasteiger charge is -2.04. The van der Waals surface area contributed by atoms with Crippen LogP contribution < -0.4 is 5.73 Å². The predicted molar refractivity (Wildman–Crippen MR) is 81.1 cm³/mol. The molecule has 0 unspecified atom stereocenters. The van der Waals surface area contributed by atoms with E-state index in [1.807, 2.05) is 18.2 Å². The van der Waals surface area contributed by atoms with E-state index in [9.17, 15) is 0 Å². The Hall–Kier alpha value is -2.68. The number of benzene rings is 2. The average molecular weight is 261 g/mol. The van der Waals surface area contributed by atoms with Crippen molar-refractivity contribution in [3.05, 3.63) is 78.0 Å². The second-order valence-corrected chi connectivity index (χ2v) is 4.66. The summed E-state index contributed by atoms with van der Waals surface area (Å²) in [5.41, 5.74) is 9.23. The van der Waals surface area contributed by atoms with Crippen LogP contribution in [0, 0.1) is 0 Å². The summed E-state index contributed by atoms with van der Waals surface area (Å²) in [4.78, 5) is 8.46. The largest absolute Gasteiger partial charge is 0.384 e. The van der Waals surface area contributed by atoms with Crippen LogP contribution in [-0.4, -0.2) is 9.97 Å². The summed E-state index contributed by atoms with van der Waals surface area (Å²) in [7, 11) is 0. The molecular weight excluding hydrogens is 246 g/mol. The lowest BCUT2D eigenvalue weighted by molar-refractivity contribution is 1.17. The molecule has 0 saturated carbocycles. The summed E-state index contributed by atoms with van der Waals surface area (Å²) in [5, 5.41) is 0. The Bertz CT molecular complexity index is 691. The molecule has 0 fully saturated rings. The van der Waals surface area contributed by atoms with Crippen molar-refractivity contribution in [1.29, 1.82) is 0 Å². The van der Waals surface area contributed by atoms with Gasteiger partial charge in [0.05, 0.1) is 0 Å². The van der Waals surface area contributed by atoms with Crippen LogP contribution in [0.1, 0.15) is 11.1 Å². The molecule has 3 nitrogen and oxygen atoms in total. The van der Waals surface area contributed by atoms with Gasteiger partial charge < -0.3 is 5.73 Å². The number of nitrogens with two attached hydrogens (primary N) is 1. The molecule has 20 heavy (non-hydrogen) atoms. The second-order valence-electron chi connectivity index (χ2n) is 4.66. The van der Waals surface area contributed by atoms with Gasteiger partial charge in [-0.05, 0) is 23.6 Å². The SMILES string of the molecule is Nc1ccnc(-c2ccc(Cc3ccccc3)cc2)n1. The second kappa shape index (κ2) is 5.53. The molecule has 98 valence electrons. The number of nitrogen functional groups attached to an aromatic ring is 1. The van der Waals surface area contributed by atoms with E-state index in [-0.39, 0.29) is 0 Å². The van der Waals surface area contributed by atoms with E-state index in [1.165, 1.54) is 11.1 Å². The van der Waals surface area contributed by atoms with Crippen molar-refractivity contribution in [2.24, 2.45) is 0 Å². The molecule has 1 aromatic heterocycles. The number of hydrogen-bond acceptors (Lipinski definition) is 3. The number of nitrogens with zero attached hydrogens (tertiary/aromatic N) is 2. The number of anilines is 1. The van der Waals surface area contributed by atoms with Gasteiger partial charge >= 0.3 is 0 Å². The predicted octanol–water partition coefficient (Wildman–Crippen LogP) is 3.32. The first-order valence-corrected chi connectivity index (χ1v) is 6.53. The Morgan fingerprint density at radius 2 is 1.50 bits per heavy atom. The minimum Gasteiger partial charge on any atom is -0.384 e. The zero-order valence-corrected chi connectivity index (χ0v) is 11.0. The highest BCUT2D eigenvalue weighted by molar-refractivity contribution is 5.56. The van der Waals surface area contributed by atoms with E-state index in [1.54, 1.807) is 12.3 Å². The molecule has 0 radical (unpaired) electrons. The third-order valence-corrected chi connectivity index (χ3v) is 3.14. The van der Waals surface area contributed by atoms with Crippen molar-refractivity contribution < 1.29 is 0 Å². The summed E-state index contributed by atoms with van der Waals surface area (Å²) in [5.74, 6) is 1.15. The highest BCUT2D eigenvalue weighted by Gasteiger charge is 2.02. The molecule has 2 aromatic carbocycles. The summed E-state index contributed by atoms with van der Waals surface area (Å²) in [6, 6.07) is 20.4. The maximum absolute atomic E-state index is 5.68. The first-order chi connectivity index (χ1) is 9.81. The third kappa shape index (κ3) is 2.83. The van der Waals surface area contributed by atoms with Crippen LogP contribution in [0.3, 0.4) is 0 Å². The molecule has 0 aliphatic heterocycles. The van der Waals surface area contributed by atoms with Crippen molar-refractivity contribution in [1.82, 2.24) is 9.97 Å². The summed E-state index contributed by atoms with van der Waals surface area (Å²) in [6.45, 7) is 0. The normalized spacial score (nSPS) is 10.4. The molecule has 2 N–H and O–H groups in total. The van der Waals surface area contributed by atoms with Crippen LogP contribution in [-0.2, 0) is 6.42 Å². The molecule has 0 atom stereocenters. The van der Waals surface area contributed by atoms with Gasteiger partial charge in [-0.1, -0.05) is 54.6 Å². The fourth-order valence-electron chi connectivity index (χ4n) is 2.11. The Balaban J connectivity index is 1.81. The van der Waals surface area contributed by atoms with E-state index in [0.29, 0.717) is 11.6 Å². The van der Waals surface area contributed by atoms with E-state index < -0.39 is 0 Å². The van der Waals surface area contributed by atoms with Gasteiger partial charge in [-0.15, -0.1) is 0 Å². The van der Waals surface area contributed by atoms with Crippen LogP contribution >= 0.6 is 0 Å². The minimum atomic E-state index is 0.489. The van der Waals surface area contributed by atoms with Gasteiger partial charge in [-0.25, -0.2) is 9.97 Å². The van der Waals surface area contributed by atoms with Crippen molar-refractivity contribution in [2.75, 3.05) is 5.73 Å². The van der Waals surface area contributed by atoms with Gasteiger partial charge in [0.15, 0.2) is 5.82 Å². The Morgan fingerprint density at radius 1 is 0.800 bits per heavy atom. The summed E-state index contributed by atoms with van der Waals surface area (Å²) >= 11 is 0. The van der Waals surface area contributed by atoms with Crippen molar-refractivity contribution in [3.8, 4) is 11.4 Å². The van der Waals surface area contributed by atoms with Gasteiger partial charge in [0.2, 0.25) is 0 Å². The maximum Gasteiger partial charge on any atom is 0.161 e. The lowest BCUT2D eigenvalue weighted by atomic mass is 10.0. The van der Waals surface area contributed by atoms with Gasteiger partial charge in [-0.3, -0.25) is 0 Å². The Labute approximate surface area is 118 Å². The zero-order chi connectivity index (χ0) is 13.8. The van der Waals surface area contributed by atoms with E-state index in [2.05, 4.69) is 46.4 Å². The maximum atomic E-state index is 5.68. The lowest BCUT2D eigenvalue weighted by Crippen LogP contribution is -1.94. The minimum absolute atomic E-state index is 0.489. The molecule has 0 aliphatic carbocycles. The summed E-state index contributed by atoms with van der Waals surface area (Å²) in [6.07, 6.45) is 2.61. The van der Waals surface area contributed by atoms with Gasteiger partial charge in [0.1, 0.15) is 5.82 Å². The smallest absolute Gasteiger partial charge is 0.161 e. The summed E-state index contributed by atoms with van der Waals surface area (Å²) < 4.78 is 0. The molecule has 0 saturated heterocycles. The molecule has 0 amide bonds. The fourth-order valence-corrected chi connectivity index (χ4v) is 2.11. The molecule has 0 bridgehead atoms. The van der Waals surface area contributed by atoms with Crippen LogP contribution in [0.4, 0.5) is 5.82 Å². The number of hydrogen-bond donors (Lipinski definition) is 1. The molecule has 0 spiro atoms. The first kappa shape index (κ1) is 12.4. The van der Waals surface area contributed by atoms with Crippen LogP contribution in [0.2, 0.25) is 0 Å². The van der Waals surface area contributed by atoms with Gasteiger partial charge in [-0.2, -0.15) is 0 Å². The van der Waals surface area contributed by atoms with E-state index in [0.717, 1.165) is 12.0 Å². The van der Waals surface area contributed by atoms with Crippen LogP contribution in [0.15, 0.2) is 66.9 Å². The topological polar surface area (TPSA) is 51.8 Å². The van der Waals surface area contributed by atoms with Gasteiger partial charge in [0, 0.05) is 11.8 Å². The average Bonchev–Trinajstić information content (AvgIpc) is 2.49. The third-order valence-electron chi connectivity index (χ3n) is 3.14. The van der Waals surface area contributed by atoms with E-state index in [4.69, 9.17) is 5.73 Å². The molecule has 3 heteroatoms. The molecule has 3 rings (SSSR count). The number of rotatable bonds is 3. The van der Waals surface area contributed by atoms with Crippen LogP contribution in [0.25, 0.3) is 11.4 Å². The van der Waals surface area contributed by atoms with E-state index >= 15 is 0 Å². The number of aromatic nitrogens is 2. The Morgan fingerprint density at radius 3 is 2.20 bits per heavy atom. The monoisotopic (exact) mass is 261 g/mol. The molecule has 1 heterocycles. The van der Waals surface area contributed by atoms with Crippen molar-refractivity contribution >= 4 is 5.82 Å². The standard InChI is InChI=1S/C17H15N3/c18-16-10-11-19-17(20-16)15-8-6-14(7-9-15)12-13-4-2-1-3-5-13/h1-11H,12H2,(H2,18,19,20). The highest BCUT2D eigenvalue weighted by atomic mass is 14.9. The van der Waals surface area contributed by atoms with Crippen molar-refractivity contribution in [2.45, 2.75) is 6.42 Å². The van der Waals surface area contributed by atoms with Gasteiger partial charge in [0.25, 0.3) is 0 Å². The Kier molecular flexibility index (Phi) is 3.42. The fraction of sp³-hybridized carbons (Fsp3) is 0.0588. The van der Waals surface area contributed by atoms with Crippen molar-refractivity contribution in [3.63, 3.8) is 0 Å². The highest BCUT2D eigenvalue weighted by Crippen LogP contribution is 2.17. The molecule has 3 aromatic rings. The first-order valence-electron chi connectivity index (χ1n) is 6.53. The quantitative estimate of drug-likeness (QED) is 0.787. The molecular formula is C17H15N3. The molecule has 0 aliphatic rings. The zero-order valence-electron chi connectivity index (χ0n) is 11.0. The van der Waals surface area contributed by atoms with Crippen LogP contribution in [0.5, 0.6) is 0 Å².